The molecule has 0 aromatic heterocycles. The average Bonchev–Trinajstić information content (AvgIpc) is 2.48. The maximum absolute atomic E-state index is 11.5. The highest BCUT2D eigenvalue weighted by Gasteiger charge is 2.30. The quantitative estimate of drug-likeness (QED) is 0.532. The largest absolute Gasteiger partial charge is 0.480 e. The molecule has 0 aliphatic carbocycles. The summed E-state index contributed by atoms with van der Waals surface area (Å²) in [5.74, 6) is -0.875. The first-order valence-corrected chi connectivity index (χ1v) is 5.33. The van der Waals surface area contributed by atoms with Crippen molar-refractivity contribution in [2.24, 2.45) is 0 Å². The van der Waals surface area contributed by atoms with Gasteiger partial charge in [0.2, 0.25) is 0 Å². The van der Waals surface area contributed by atoms with Crippen LogP contribution in [0.3, 0.4) is 0 Å². The third-order valence-corrected chi connectivity index (χ3v) is 2.25. The van der Waals surface area contributed by atoms with E-state index in [0.29, 0.717) is 13.0 Å². The molecule has 16 heavy (non-hydrogen) atoms. The number of carbonyl (C=O) groups excluding carboxylic acids is 1. The summed E-state index contributed by atoms with van der Waals surface area (Å²) in [6.07, 6.45) is 0.424. The topological polar surface area (TPSA) is 90.5 Å². The summed E-state index contributed by atoms with van der Waals surface area (Å²) in [6, 6.07) is -0.936. The molecule has 0 bridgehead atoms. The van der Waals surface area contributed by atoms with Gasteiger partial charge in [-0.3, -0.25) is 4.79 Å². The maximum Gasteiger partial charge on any atom is 0.320 e. The van der Waals surface area contributed by atoms with E-state index in [-0.39, 0.29) is 17.6 Å². The molecule has 1 heterocycles. The van der Waals surface area contributed by atoms with Crippen LogP contribution in [0.4, 0.5) is 4.79 Å². The number of carboxylic acids is 1. The summed E-state index contributed by atoms with van der Waals surface area (Å²) < 4.78 is 0. The monoisotopic (exact) mass is 229 g/mol. The summed E-state index contributed by atoms with van der Waals surface area (Å²) in [5, 5.41) is 17.1. The van der Waals surface area contributed by atoms with Crippen LogP contribution >= 0.6 is 0 Å². The van der Waals surface area contributed by atoms with Crippen LogP contribution < -0.4 is 16.0 Å². The van der Waals surface area contributed by atoms with Crippen LogP contribution in [0.25, 0.3) is 0 Å². The molecule has 1 fully saturated rings. The van der Waals surface area contributed by atoms with Gasteiger partial charge in [-0.05, 0) is 27.2 Å². The normalized spacial score (nSPS) is 25.2. The Kier molecular flexibility index (Phi) is 3.74. The van der Waals surface area contributed by atoms with Crippen LogP contribution in [0.5, 0.6) is 0 Å². The van der Waals surface area contributed by atoms with Gasteiger partial charge >= 0.3 is 12.0 Å². The SMILES string of the molecule is CC(C)(C)NC(=O)N[C@@H]1CN[C@H](C(=O)O)C1. The van der Waals surface area contributed by atoms with Crippen LogP contribution in [0.1, 0.15) is 27.2 Å². The second kappa shape index (κ2) is 4.69. The Morgan fingerprint density at radius 3 is 2.44 bits per heavy atom. The minimum Gasteiger partial charge on any atom is -0.480 e. The summed E-state index contributed by atoms with van der Waals surface area (Å²) in [4.78, 5) is 22.2. The summed E-state index contributed by atoms with van der Waals surface area (Å²) >= 11 is 0. The number of hydrogen-bond acceptors (Lipinski definition) is 3. The lowest BCUT2D eigenvalue weighted by molar-refractivity contribution is -0.139. The molecule has 0 saturated carbocycles. The van der Waals surface area contributed by atoms with E-state index in [1.807, 2.05) is 20.8 Å². The molecule has 0 spiro atoms. The number of nitrogens with one attached hydrogen (secondary N) is 3. The Morgan fingerprint density at radius 2 is 2.00 bits per heavy atom. The van der Waals surface area contributed by atoms with E-state index >= 15 is 0 Å². The van der Waals surface area contributed by atoms with Gasteiger partial charge in [0.1, 0.15) is 6.04 Å². The van der Waals surface area contributed by atoms with Crippen molar-refractivity contribution in [2.45, 2.75) is 44.8 Å². The Labute approximate surface area is 94.8 Å². The van der Waals surface area contributed by atoms with Crippen LogP contribution in [-0.4, -0.2) is 41.3 Å². The fourth-order valence-corrected chi connectivity index (χ4v) is 1.60. The van der Waals surface area contributed by atoms with Crippen molar-refractivity contribution in [3.63, 3.8) is 0 Å². The Bertz CT molecular complexity index is 286. The number of urea groups is 1. The zero-order valence-electron chi connectivity index (χ0n) is 9.83. The minimum absolute atomic E-state index is 0.122. The van der Waals surface area contributed by atoms with Gasteiger partial charge in [0.05, 0.1) is 0 Å². The van der Waals surface area contributed by atoms with Gasteiger partial charge in [-0.25, -0.2) is 4.79 Å². The minimum atomic E-state index is -0.875. The van der Waals surface area contributed by atoms with Crippen molar-refractivity contribution in [1.82, 2.24) is 16.0 Å². The van der Waals surface area contributed by atoms with Crippen molar-refractivity contribution in [3.8, 4) is 0 Å². The molecule has 2 atom stereocenters. The van der Waals surface area contributed by atoms with Gasteiger partial charge in [0.25, 0.3) is 0 Å². The molecular weight excluding hydrogens is 210 g/mol. The maximum atomic E-state index is 11.5. The smallest absolute Gasteiger partial charge is 0.320 e. The van der Waals surface area contributed by atoms with E-state index < -0.39 is 12.0 Å². The molecule has 0 aromatic rings. The van der Waals surface area contributed by atoms with E-state index in [1.165, 1.54) is 0 Å². The standard InChI is InChI=1S/C10H19N3O3/c1-10(2,3)13-9(16)12-6-4-7(8(14)15)11-5-6/h6-7,11H,4-5H2,1-3H3,(H,14,15)(H2,12,13,16)/t6-,7-/m0/s1. The second-order valence-electron chi connectivity index (χ2n) is 5.08. The third kappa shape index (κ3) is 4.06. The van der Waals surface area contributed by atoms with Gasteiger partial charge in [0, 0.05) is 18.1 Å². The van der Waals surface area contributed by atoms with Crippen molar-refractivity contribution < 1.29 is 14.7 Å². The van der Waals surface area contributed by atoms with E-state index in [2.05, 4.69) is 16.0 Å². The van der Waals surface area contributed by atoms with Crippen LogP contribution in [0, 0.1) is 0 Å². The molecule has 1 rings (SSSR count). The Hall–Kier alpha value is -1.30. The summed E-state index contributed by atoms with van der Waals surface area (Å²) in [7, 11) is 0. The number of aliphatic carboxylic acids is 1. The lowest BCUT2D eigenvalue weighted by Gasteiger charge is -2.22. The van der Waals surface area contributed by atoms with Gasteiger partial charge in [0.15, 0.2) is 0 Å². The van der Waals surface area contributed by atoms with E-state index in [1.54, 1.807) is 0 Å². The molecule has 0 unspecified atom stereocenters. The third-order valence-electron chi connectivity index (χ3n) is 2.25. The first kappa shape index (κ1) is 12.8. The molecule has 1 aliphatic rings. The molecule has 4 N–H and O–H groups in total. The number of hydrogen-bond donors (Lipinski definition) is 4. The number of carbonyl (C=O) groups is 2. The van der Waals surface area contributed by atoms with Crippen molar-refractivity contribution >= 4 is 12.0 Å². The predicted molar refractivity (Wildman–Crippen MR) is 59.3 cm³/mol. The predicted octanol–water partition coefficient (Wildman–Crippen LogP) is -0.101. The molecule has 2 amide bonds. The molecule has 0 aromatic carbocycles. The second-order valence-corrected chi connectivity index (χ2v) is 5.08. The van der Waals surface area contributed by atoms with Crippen molar-refractivity contribution in [2.75, 3.05) is 6.54 Å². The number of carboxylic acid groups (broad SMARTS) is 1. The fraction of sp³-hybridized carbons (Fsp3) is 0.800. The zero-order valence-corrected chi connectivity index (χ0v) is 9.83. The molecule has 1 aliphatic heterocycles. The molecule has 6 heteroatoms. The van der Waals surface area contributed by atoms with E-state index in [9.17, 15) is 9.59 Å². The number of rotatable bonds is 2. The highest BCUT2D eigenvalue weighted by molar-refractivity contribution is 5.76. The average molecular weight is 229 g/mol. The Morgan fingerprint density at radius 1 is 1.38 bits per heavy atom. The Balaban J connectivity index is 2.34. The molecule has 6 nitrogen and oxygen atoms in total. The molecule has 0 radical (unpaired) electrons. The van der Waals surface area contributed by atoms with E-state index in [4.69, 9.17) is 5.11 Å². The van der Waals surface area contributed by atoms with Gasteiger partial charge in [-0.15, -0.1) is 0 Å². The molecule has 1 saturated heterocycles. The highest BCUT2D eigenvalue weighted by Crippen LogP contribution is 2.07. The van der Waals surface area contributed by atoms with Gasteiger partial charge in [-0.1, -0.05) is 0 Å². The first-order chi connectivity index (χ1) is 7.28. The lowest BCUT2D eigenvalue weighted by atomic mass is 10.1. The van der Waals surface area contributed by atoms with Crippen LogP contribution in [0.15, 0.2) is 0 Å². The van der Waals surface area contributed by atoms with E-state index in [0.717, 1.165) is 0 Å². The van der Waals surface area contributed by atoms with Crippen LogP contribution in [0.2, 0.25) is 0 Å². The summed E-state index contributed by atoms with van der Waals surface area (Å²) in [5.41, 5.74) is -0.289. The lowest BCUT2D eigenvalue weighted by Crippen LogP contribution is -2.50. The number of amides is 2. The van der Waals surface area contributed by atoms with Gasteiger partial charge < -0.3 is 21.1 Å². The fourth-order valence-electron chi connectivity index (χ4n) is 1.60. The highest BCUT2D eigenvalue weighted by atomic mass is 16.4. The zero-order chi connectivity index (χ0) is 12.3. The summed E-state index contributed by atoms with van der Waals surface area (Å²) in [6.45, 7) is 6.16. The first-order valence-electron chi connectivity index (χ1n) is 5.33. The van der Waals surface area contributed by atoms with Crippen molar-refractivity contribution in [1.29, 1.82) is 0 Å². The van der Waals surface area contributed by atoms with Crippen LogP contribution in [-0.2, 0) is 4.79 Å². The van der Waals surface area contributed by atoms with Gasteiger partial charge in [-0.2, -0.15) is 0 Å². The van der Waals surface area contributed by atoms with Crippen molar-refractivity contribution in [3.05, 3.63) is 0 Å². The molecule has 92 valence electrons. The molecular formula is C10H19N3O3.